The van der Waals surface area contributed by atoms with Crippen LogP contribution < -0.4 is 11.4 Å². The van der Waals surface area contributed by atoms with Gasteiger partial charge in [-0.15, -0.1) is 0 Å². The van der Waals surface area contributed by atoms with Gasteiger partial charge in [0.25, 0.3) is 0 Å². The van der Waals surface area contributed by atoms with Crippen LogP contribution in [-0.2, 0) is 14.3 Å². The van der Waals surface area contributed by atoms with Crippen LogP contribution in [0.15, 0.2) is 11.0 Å². The van der Waals surface area contributed by atoms with Gasteiger partial charge in [0.15, 0.2) is 0 Å². The molecule has 8 heteroatoms. The molecule has 23 heavy (non-hydrogen) atoms. The van der Waals surface area contributed by atoms with E-state index in [-0.39, 0.29) is 24.0 Å². The summed E-state index contributed by atoms with van der Waals surface area (Å²) < 4.78 is 13.6. The monoisotopic (exact) mass is 435 g/mol. The maximum Gasteiger partial charge on any atom is 0.351 e. The minimum atomic E-state index is -0.578. The van der Waals surface area contributed by atoms with Crippen molar-refractivity contribution in [3.8, 4) is 0 Å². The molecule has 1 aromatic rings. The van der Waals surface area contributed by atoms with Crippen LogP contribution >= 0.6 is 22.6 Å². The van der Waals surface area contributed by atoms with Gasteiger partial charge in [0.2, 0.25) is 0 Å². The summed E-state index contributed by atoms with van der Waals surface area (Å²) in [6, 6.07) is 0. The Bertz CT molecular complexity index is 653. The van der Waals surface area contributed by atoms with E-state index in [0.29, 0.717) is 16.4 Å². The van der Waals surface area contributed by atoms with Gasteiger partial charge in [0.1, 0.15) is 18.1 Å². The number of carbonyl (C=O) groups is 1. The van der Waals surface area contributed by atoms with Gasteiger partial charge in [-0.05, 0) is 49.8 Å². The van der Waals surface area contributed by atoms with E-state index >= 15 is 0 Å². The van der Waals surface area contributed by atoms with Crippen molar-refractivity contribution in [2.75, 3.05) is 5.73 Å². The number of esters is 1. The molecule has 1 fully saturated rings. The van der Waals surface area contributed by atoms with Crippen LogP contribution in [0.2, 0.25) is 0 Å². The van der Waals surface area contributed by atoms with Crippen molar-refractivity contribution in [2.24, 2.45) is 5.41 Å². The summed E-state index contributed by atoms with van der Waals surface area (Å²) in [5.41, 5.74) is 4.60. The van der Waals surface area contributed by atoms with Crippen LogP contribution in [-0.4, -0.2) is 27.7 Å². The summed E-state index contributed by atoms with van der Waals surface area (Å²) in [6.45, 7) is 7.37. The Balaban J connectivity index is 2.20. The van der Waals surface area contributed by atoms with E-state index in [0.717, 1.165) is 0 Å². The first-order valence-corrected chi connectivity index (χ1v) is 8.62. The molecular formula is C15H22IN3O4. The van der Waals surface area contributed by atoms with Gasteiger partial charge < -0.3 is 15.2 Å². The van der Waals surface area contributed by atoms with Crippen LogP contribution in [0, 0.1) is 8.99 Å². The Morgan fingerprint density at radius 2 is 2.22 bits per heavy atom. The van der Waals surface area contributed by atoms with Crippen LogP contribution in [0.1, 0.15) is 46.8 Å². The Kier molecular flexibility index (Phi) is 5.34. The number of anilines is 1. The van der Waals surface area contributed by atoms with E-state index < -0.39 is 17.3 Å². The Labute approximate surface area is 148 Å². The summed E-state index contributed by atoms with van der Waals surface area (Å²) in [5.74, 6) is -0.0739. The van der Waals surface area contributed by atoms with Crippen molar-refractivity contribution in [1.29, 1.82) is 0 Å². The molecular weight excluding hydrogens is 413 g/mol. The molecule has 2 rings (SSSR count). The second-order valence-electron chi connectivity index (χ2n) is 6.63. The van der Waals surface area contributed by atoms with Crippen molar-refractivity contribution in [3.63, 3.8) is 0 Å². The van der Waals surface area contributed by atoms with E-state index in [1.807, 2.05) is 29.5 Å². The number of nitrogens with zero attached hydrogens (tertiary/aromatic N) is 2. The number of ether oxygens (including phenoxy) is 2. The van der Waals surface area contributed by atoms with Gasteiger partial charge in [-0.2, -0.15) is 4.98 Å². The maximum atomic E-state index is 12.1. The van der Waals surface area contributed by atoms with Gasteiger partial charge in [0, 0.05) is 12.6 Å². The minimum Gasteiger partial charge on any atom is -0.459 e. The fraction of sp³-hybridized carbons (Fsp3) is 0.667. The van der Waals surface area contributed by atoms with E-state index in [2.05, 4.69) is 4.98 Å². The van der Waals surface area contributed by atoms with Crippen molar-refractivity contribution in [3.05, 3.63) is 20.3 Å². The van der Waals surface area contributed by atoms with Gasteiger partial charge in [-0.1, -0.05) is 6.92 Å². The zero-order chi connectivity index (χ0) is 17.4. The third-order valence-electron chi connectivity index (χ3n) is 3.70. The minimum absolute atomic E-state index is 0.201. The molecule has 0 unspecified atom stereocenters. The van der Waals surface area contributed by atoms with Crippen LogP contribution in [0.25, 0.3) is 0 Å². The molecule has 1 aromatic heterocycles. The smallest absolute Gasteiger partial charge is 0.351 e. The first-order valence-electron chi connectivity index (χ1n) is 7.54. The van der Waals surface area contributed by atoms with E-state index in [9.17, 15) is 9.59 Å². The van der Waals surface area contributed by atoms with Crippen LogP contribution in [0.3, 0.4) is 0 Å². The SMILES string of the molecule is CC[C@H]1O[C@@H](n2cc(I)c(N)nc2=O)C[C@@H]1OC(=O)C(C)(C)C. The van der Waals surface area contributed by atoms with Gasteiger partial charge in [0.05, 0.1) is 15.1 Å². The van der Waals surface area contributed by atoms with E-state index in [4.69, 9.17) is 15.2 Å². The zero-order valence-corrected chi connectivity index (χ0v) is 15.9. The van der Waals surface area contributed by atoms with Gasteiger partial charge in [-0.25, -0.2) is 4.79 Å². The quantitative estimate of drug-likeness (QED) is 0.577. The number of aromatic nitrogens is 2. The van der Waals surface area contributed by atoms with Crippen LogP contribution in [0.5, 0.6) is 0 Å². The molecule has 128 valence electrons. The summed E-state index contributed by atoms with van der Waals surface area (Å²) in [7, 11) is 0. The predicted molar refractivity (Wildman–Crippen MR) is 93.8 cm³/mol. The number of nitrogens with two attached hydrogens (primary N) is 1. The second-order valence-corrected chi connectivity index (χ2v) is 7.79. The average Bonchev–Trinajstić information content (AvgIpc) is 2.84. The van der Waals surface area contributed by atoms with E-state index in [1.54, 1.807) is 27.0 Å². The molecule has 1 saturated heterocycles. The average molecular weight is 435 g/mol. The largest absolute Gasteiger partial charge is 0.459 e. The Morgan fingerprint density at radius 1 is 1.57 bits per heavy atom. The molecule has 0 radical (unpaired) electrons. The molecule has 1 aliphatic rings. The summed E-state index contributed by atoms with van der Waals surface area (Å²) in [5, 5.41) is 0. The van der Waals surface area contributed by atoms with Crippen LogP contribution in [0.4, 0.5) is 5.82 Å². The molecule has 0 aromatic carbocycles. The number of carbonyl (C=O) groups excluding carboxylic acids is 1. The highest BCUT2D eigenvalue weighted by Gasteiger charge is 2.40. The fourth-order valence-electron chi connectivity index (χ4n) is 2.34. The highest BCUT2D eigenvalue weighted by Crippen LogP contribution is 2.33. The molecule has 2 heterocycles. The number of nitrogen functional groups attached to an aromatic ring is 1. The maximum absolute atomic E-state index is 12.1. The second kappa shape index (κ2) is 6.76. The van der Waals surface area contributed by atoms with Crippen molar-refractivity contribution in [1.82, 2.24) is 9.55 Å². The normalized spacial score (nSPS) is 24.7. The number of rotatable bonds is 3. The van der Waals surface area contributed by atoms with Gasteiger partial charge >= 0.3 is 11.7 Å². The third kappa shape index (κ3) is 4.03. The lowest BCUT2D eigenvalue weighted by Gasteiger charge is -2.22. The topological polar surface area (TPSA) is 96.4 Å². The summed E-state index contributed by atoms with van der Waals surface area (Å²) >= 11 is 2.02. The van der Waals surface area contributed by atoms with Crippen molar-refractivity contribution >= 4 is 34.4 Å². The lowest BCUT2D eigenvalue weighted by Crippen LogP contribution is -2.32. The Morgan fingerprint density at radius 3 is 2.78 bits per heavy atom. The molecule has 7 nitrogen and oxygen atoms in total. The highest BCUT2D eigenvalue weighted by molar-refractivity contribution is 14.1. The van der Waals surface area contributed by atoms with E-state index in [1.165, 1.54) is 4.57 Å². The number of halogens is 1. The molecule has 0 spiro atoms. The number of hydrogen-bond acceptors (Lipinski definition) is 6. The highest BCUT2D eigenvalue weighted by atomic mass is 127. The van der Waals surface area contributed by atoms with Gasteiger partial charge in [-0.3, -0.25) is 9.36 Å². The summed E-state index contributed by atoms with van der Waals surface area (Å²) in [4.78, 5) is 27.9. The molecule has 0 saturated carbocycles. The predicted octanol–water partition coefficient (Wildman–Crippen LogP) is 2.09. The van der Waals surface area contributed by atoms with Crippen molar-refractivity contribution in [2.45, 2.75) is 59.0 Å². The lowest BCUT2D eigenvalue weighted by atomic mass is 9.97. The first-order chi connectivity index (χ1) is 10.6. The third-order valence-corrected chi connectivity index (χ3v) is 4.53. The Hall–Kier alpha value is -1.16. The first kappa shape index (κ1) is 18.2. The molecule has 2 N–H and O–H groups in total. The molecule has 1 aliphatic heterocycles. The van der Waals surface area contributed by atoms with Crippen molar-refractivity contribution < 1.29 is 14.3 Å². The molecule has 3 atom stereocenters. The lowest BCUT2D eigenvalue weighted by molar-refractivity contribution is -0.161. The molecule has 0 amide bonds. The number of hydrogen-bond donors (Lipinski definition) is 1. The molecule has 0 bridgehead atoms. The summed E-state index contributed by atoms with van der Waals surface area (Å²) in [6.07, 6.45) is 1.60. The zero-order valence-electron chi connectivity index (χ0n) is 13.7. The fourth-order valence-corrected chi connectivity index (χ4v) is 2.76. The molecule has 0 aliphatic carbocycles. The standard InChI is InChI=1S/C15H22IN3O4/c1-5-9-10(23-13(20)15(2,3)4)6-11(22-9)19-7-8(16)12(17)18-14(19)21/h7,9-11H,5-6H2,1-4H3,(H2,17,18,21)/t9-,10+,11-/m1/s1.